The minimum absolute atomic E-state index is 0.188. The van der Waals surface area contributed by atoms with Crippen molar-refractivity contribution < 1.29 is 8.76 Å². The Bertz CT molecular complexity index is 343. The molecule has 13 heavy (non-hydrogen) atoms. The number of azo groups is 1. The third kappa shape index (κ3) is 4.25. The van der Waals surface area contributed by atoms with Gasteiger partial charge in [-0.3, -0.25) is 0 Å². The monoisotopic (exact) mass is 262 g/mol. The Balaban J connectivity index is 2.63. The van der Waals surface area contributed by atoms with Crippen LogP contribution in [0.5, 0.6) is 0 Å². The summed E-state index contributed by atoms with van der Waals surface area (Å²) < 4.78 is 19.5. The predicted octanol–water partition coefficient (Wildman–Crippen LogP) is 2.71. The van der Waals surface area contributed by atoms with Crippen LogP contribution < -0.4 is 0 Å². The highest BCUT2D eigenvalue weighted by Crippen LogP contribution is 2.18. The molecule has 70 valence electrons. The van der Waals surface area contributed by atoms with Gasteiger partial charge in [0.25, 0.3) is 0 Å². The van der Waals surface area contributed by atoms with E-state index in [0.29, 0.717) is 5.69 Å². The first-order valence-electron chi connectivity index (χ1n) is 3.39. The topological polar surface area (TPSA) is 62.0 Å². The molecule has 1 atom stereocenters. The van der Waals surface area contributed by atoms with E-state index < -0.39 is 11.1 Å². The SMILES string of the molecule is O=S(O)CN=Nc1cccc(Br)c1. The van der Waals surface area contributed by atoms with Crippen LogP contribution in [0.4, 0.5) is 5.69 Å². The Morgan fingerprint density at radius 1 is 1.54 bits per heavy atom. The number of halogens is 1. The Labute approximate surface area is 86.5 Å². The van der Waals surface area contributed by atoms with E-state index in [4.69, 9.17) is 4.55 Å². The first-order chi connectivity index (χ1) is 6.18. The van der Waals surface area contributed by atoms with Gasteiger partial charge in [0.2, 0.25) is 0 Å². The maximum atomic E-state index is 10.2. The molecule has 0 spiro atoms. The van der Waals surface area contributed by atoms with Crippen molar-refractivity contribution in [2.45, 2.75) is 0 Å². The van der Waals surface area contributed by atoms with Crippen LogP contribution in [0, 0.1) is 0 Å². The van der Waals surface area contributed by atoms with Crippen LogP contribution in [-0.2, 0) is 11.1 Å². The fourth-order valence-corrected chi connectivity index (χ4v) is 1.24. The zero-order valence-corrected chi connectivity index (χ0v) is 8.96. The predicted molar refractivity (Wildman–Crippen MR) is 54.3 cm³/mol. The normalized spacial score (nSPS) is 13.4. The van der Waals surface area contributed by atoms with Gasteiger partial charge in [0.05, 0.1) is 5.69 Å². The Morgan fingerprint density at radius 3 is 2.92 bits per heavy atom. The molecule has 0 saturated heterocycles. The van der Waals surface area contributed by atoms with Gasteiger partial charge in [-0.05, 0) is 18.2 Å². The molecule has 1 rings (SSSR count). The average Bonchev–Trinajstić information content (AvgIpc) is 2.03. The first-order valence-corrected chi connectivity index (χ1v) is 5.46. The maximum absolute atomic E-state index is 10.2. The van der Waals surface area contributed by atoms with Crippen molar-refractivity contribution in [2.24, 2.45) is 10.2 Å². The van der Waals surface area contributed by atoms with Gasteiger partial charge in [-0.25, -0.2) is 4.21 Å². The van der Waals surface area contributed by atoms with Gasteiger partial charge in [0.15, 0.2) is 17.0 Å². The summed E-state index contributed by atoms with van der Waals surface area (Å²) in [5.41, 5.74) is 0.653. The van der Waals surface area contributed by atoms with Gasteiger partial charge < -0.3 is 4.55 Å². The van der Waals surface area contributed by atoms with Crippen molar-refractivity contribution in [1.29, 1.82) is 0 Å². The molecule has 1 aromatic carbocycles. The second kappa shape index (κ2) is 5.21. The minimum Gasteiger partial charge on any atom is -0.305 e. The van der Waals surface area contributed by atoms with Crippen LogP contribution in [-0.4, -0.2) is 14.6 Å². The third-order valence-electron chi connectivity index (χ3n) is 1.16. The quantitative estimate of drug-likeness (QED) is 0.673. The van der Waals surface area contributed by atoms with Crippen LogP contribution in [0.25, 0.3) is 0 Å². The van der Waals surface area contributed by atoms with Crippen LogP contribution >= 0.6 is 15.9 Å². The van der Waals surface area contributed by atoms with E-state index in [1.807, 2.05) is 12.1 Å². The lowest BCUT2D eigenvalue weighted by atomic mass is 10.3. The molecule has 4 nitrogen and oxygen atoms in total. The molecule has 0 radical (unpaired) electrons. The molecule has 1 N–H and O–H groups in total. The molecule has 1 aromatic rings. The van der Waals surface area contributed by atoms with Crippen LogP contribution in [0.3, 0.4) is 0 Å². The van der Waals surface area contributed by atoms with Crippen molar-refractivity contribution >= 4 is 32.7 Å². The van der Waals surface area contributed by atoms with E-state index in [1.54, 1.807) is 12.1 Å². The summed E-state index contributed by atoms with van der Waals surface area (Å²) >= 11 is 1.36. The van der Waals surface area contributed by atoms with Gasteiger partial charge in [0, 0.05) is 4.47 Å². The lowest BCUT2D eigenvalue weighted by Gasteiger charge is -1.91. The summed E-state index contributed by atoms with van der Waals surface area (Å²) in [6, 6.07) is 7.20. The molecule has 6 heteroatoms. The van der Waals surface area contributed by atoms with Crippen molar-refractivity contribution in [3.63, 3.8) is 0 Å². The second-order valence-corrected chi connectivity index (χ2v) is 3.99. The first kappa shape index (κ1) is 10.5. The third-order valence-corrected chi connectivity index (χ3v) is 1.99. The second-order valence-electron chi connectivity index (χ2n) is 2.17. The minimum atomic E-state index is -1.92. The summed E-state index contributed by atoms with van der Waals surface area (Å²) in [6.07, 6.45) is 0. The lowest BCUT2D eigenvalue weighted by Crippen LogP contribution is -1.88. The fraction of sp³-hybridized carbons (Fsp3) is 0.143. The number of hydrogen-bond acceptors (Lipinski definition) is 3. The highest BCUT2D eigenvalue weighted by atomic mass is 79.9. The lowest BCUT2D eigenvalue weighted by molar-refractivity contribution is 0.564. The number of rotatable bonds is 3. The van der Waals surface area contributed by atoms with E-state index in [1.165, 1.54) is 0 Å². The smallest absolute Gasteiger partial charge is 0.177 e. The number of benzene rings is 1. The van der Waals surface area contributed by atoms with Crippen molar-refractivity contribution in [2.75, 3.05) is 5.88 Å². The molecule has 0 bridgehead atoms. The zero-order valence-electron chi connectivity index (χ0n) is 6.55. The Hall–Kier alpha value is -0.590. The molecule has 0 aliphatic heterocycles. The standard InChI is InChI=1S/C7H7BrN2O2S/c8-6-2-1-3-7(4-6)10-9-5-13(11)12/h1-4H,5H2,(H,11,12). The van der Waals surface area contributed by atoms with Crippen LogP contribution in [0.15, 0.2) is 39.0 Å². The van der Waals surface area contributed by atoms with E-state index in [9.17, 15) is 4.21 Å². The van der Waals surface area contributed by atoms with Gasteiger partial charge in [-0.2, -0.15) is 10.2 Å². The fourth-order valence-electron chi connectivity index (χ4n) is 0.698. The summed E-state index contributed by atoms with van der Waals surface area (Å²) in [4.78, 5) is 0. The molecular weight excluding hydrogens is 256 g/mol. The Kier molecular flexibility index (Phi) is 4.20. The molecule has 0 aliphatic rings. The molecule has 0 amide bonds. The van der Waals surface area contributed by atoms with E-state index in [0.717, 1.165) is 4.47 Å². The van der Waals surface area contributed by atoms with Gasteiger partial charge in [-0.15, -0.1) is 0 Å². The molecule has 0 aliphatic carbocycles. The zero-order chi connectivity index (χ0) is 9.68. The molecule has 1 unspecified atom stereocenters. The van der Waals surface area contributed by atoms with Crippen molar-refractivity contribution in [3.8, 4) is 0 Å². The van der Waals surface area contributed by atoms with Gasteiger partial charge >= 0.3 is 0 Å². The van der Waals surface area contributed by atoms with E-state index in [2.05, 4.69) is 26.2 Å². The largest absolute Gasteiger partial charge is 0.305 e. The average molecular weight is 263 g/mol. The Morgan fingerprint density at radius 2 is 2.31 bits per heavy atom. The van der Waals surface area contributed by atoms with Crippen molar-refractivity contribution in [3.05, 3.63) is 28.7 Å². The highest BCUT2D eigenvalue weighted by molar-refractivity contribution is 9.10. The van der Waals surface area contributed by atoms with E-state index in [-0.39, 0.29) is 5.88 Å². The van der Waals surface area contributed by atoms with Crippen LogP contribution in [0.2, 0.25) is 0 Å². The maximum Gasteiger partial charge on any atom is 0.177 e. The molecule has 0 fully saturated rings. The number of hydrogen-bond donors (Lipinski definition) is 1. The summed E-state index contributed by atoms with van der Waals surface area (Å²) in [7, 11) is 0. The van der Waals surface area contributed by atoms with Gasteiger partial charge in [0.1, 0.15) is 0 Å². The van der Waals surface area contributed by atoms with E-state index >= 15 is 0 Å². The molecule has 0 aromatic heterocycles. The highest BCUT2D eigenvalue weighted by Gasteiger charge is 1.91. The van der Waals surface area contributed by atoms with Gasteiger partial charge in [-0.1, -0.05) is 22.0 Å². The summed E-state index contributed by atoms with van der Waals surface area (Å²) in [6.45, 7) is 0. The van der Waals surface area contributed by atoms with Crippen LogP contribution in [0.1, 0.15) is 0 Å². The summed E-state index contributed by atoms with van der Waals surface area (Å²) in [5, 5.41) is 7.29. The molecular formula is C7H7BrN2O2S. The molecule has 0 saturated carbocycles. The molecule has 0 heterocycles. The number of nitrogens with zero attached hydrogens (tertiary/aromatic N) is 2. The summed E-state index contributed by atoms with van der Waals surface area (Å²) in [5.74, 6) is -0.188. The van der Waals surface area contributed by atoms with Crippen molar-refractivity contribution in [1.82, 2.24) is 0 Å².